The normalized spacial score (nSPS) is 15.4. The second-order valence-electron chi connectivity index (χ2n) is 4.72. The first-order valence-corrected chi connectivity index (χ1v) is 6.03. The molecular formula is C14H18O3. The van der Waals surface area contributed by atoms with Gasteiger partial charge in [0.2, 0.25) is 0 Å². The van der Waals surface area contributed by atoms with E-state index in [1.54, 1.807) is 7.11 Å². The number of benzene rings is 1. The number of carbonyl (C=O) groups is 1. The Morgan fingerprint density at radius 1 is 1.41 bits per heavy atom. The van der Waals surface area contributed by atoms with Crippen LogP contribution in [0.15, 0.2) is 12.1 Å². The molecule has 2 rings (SSSR count). The highest BCUT2D eigenvalue weighted by Crippen LogP contribution is 2.35. The maximum absolute atomic E-state index is 10.8. The lowest BCUT2D eigenvalue weighted by Crippen LogP contribution is -2.05. The molecule has 92 valence electrons. The number of hydrogen-bond donors (Lipinski definition) is 1. The van der Waals surface area contributed by atoms with Crippen molar-refractivity contribution >= 4 is 5.97 Å². The van der Waals surface area contributed by atoms with Gasteiger partial charge in [0.15, 0.2) is 0 Å². The molecule has 1 unspecified atom stereocenters. The predicted octanol–water partition coefficient (Wildman–Crippen LogP) is 2.76. The minimum absolute atomic E-state index is 0.00616. The summed E-state index contributed by atoms with van der Waals surface area (Å²) in [5, 5.41) is 8.86. The lowest BCUT2D eigenvalue weighted by molar-refractivity contribution is -0.137. The summed E-state index contributed by atoms with van der Waals surface area (Å²) < 4.78 is 5.38. The molecule has 0 fully saturated rings. The van der Waals surface area contributed by atoms with Crippen molar-refractivity contribution in [2.45, 2.75) is 38.5 Å². The van der Waals surface area contributed by atoms with Crippen molar-refractivity contribution in [1.82, 2.24) is 0 Å². The van der Waals surface area contributed by atoms with E-state index in [-0.39, 0.29) is 12.3 Å². The number of aliphatic carboxylic acids is 1. The van der Waals surface area contributed by atoms with Gasteiger partial charge in [-0.15, -0.1) is 0 Å². The van der Waals surface area contributed by atoms with Gasteiger partial charge >= 0.3 is 5.97 Å². The van der Waals surface area contributed by atoms with Crippen LogP contribution >= 0.6 is 0 Å². The topological polar surface area (TPSA) is 46.5 Å². The van der Waals surface area contributed by atoms with E-state index in [0.717, 1.165) is 24.2 Å². The third kappa shape index (κ3) is 2.43. The SMILES string of the molecule is COc1cc2c(cc1C(C)CC(=O)O)CCC2. The molecule has 3 heteroatoms. The molecule has 0 radical (unpaired) electrons. The maximum Gasteiger partial charge on any atom is 0.303 e. The van der Waals surface area contributed by atoms with Crippen LogP contribution in [0, 0.1) is 0 Å². The van der Waals surface area contributed by atoms with Crippen LogP contribution in [-0.4, -0.2) is 18.2 Å². The molecule has 0 spiro atoms. The van der Waals surface area contributed by atoms with Crippen LogP contribution in [-0.2, 0) is 17.6 Å². The molecule has 17 heavy (non-hydrogen) atoms. The van der Waals surface area contributed by atoms with Gasteiger partial charge < -0.3 is 9.84 Å². The van der Waals surface area contributed by atoms with E-state index < -0.39 is 5.97 Å². The molecule has 1 atom stereocenters. The molecule has 0 bridgehead atoms. The zero-order valence-electron chi connectivity index (χ0n) is 10.3. The summed E-state index contributed by atoms with van der Waals surface area (Å²) in [6, 6.07) is 4.21. The third-order valence-corrected chi connectivity index (χ3v) is 3.46. The number of carboxylic acids is 1. The van der Waals surface area contributed by atoms with Crippen molar-refractivity contribution in [3.05, 3.63) is 28.8 Å². The highest BCUT2D eigenvalue weighted by Gasteiger charge is 2.19. The molecule has 0 aliphatic heterocycles. The summed E-state index contributed by atoms with van der Waals surface area (Å²) in [5.41, 5.74) is 3.74. The Morgan fingerprint density at radius 2 is 2.06 bits per heavy atom. The summed E-state index contributed by atoms with van der Waals surface area (Å²) in [5.74, 6) is 0.0628. The first-order chi connectivity index (χ1) is 8.11. The van der Waals surface area contributed by atoms with Crippen LogP contribution in [0.4, 0.5) is 0 Å². The third-order valence-electron chi connectivity index (χ3n) is 3.46. The molecule has 1 aliphatic rings. The van der Waals surface area contributed by atoms with Crippen molar-refractivity contribution in [3.8, 4) is 5.75 Å². The average molecular weight is 234 g/mol. The van der Waals surface area contributed by atoms with Crippen LogP contribution in [0.1, 0.15) is 42.4 Å². The number of ether oxygens (including phenoxy) is 1. The number of aryl methyl sites for hydroxylation is 2. The van der Waals surface area contributed by atoms with Crippen molar-refractivity contribution < 1.29 is 14.6 Å². The number of hydrogen-bond acceptors (Lipinski definition) is 2. The fraction of sp³-hybridized carbons (Fsp3) is 0.500. The lowest BCUT2D eigenvalue weighted by atomic mass is 9.93. The number of rotatable bonds is 4. The Bertz CT molecular complexity index is 437. The van der Waals surface area contributed by atoms with Gasteiger partial charge in [0.25, 0.3) is 0 Å². The van der Waals surface area contributed by atoms with E-state index >= 15 is 0 Å². The minimum atomic E-state index is -0.764. The second kappa shape index (κ2) is 4.78. The van der Waals surface area contributed by atoms with Gasteiger partial charge in [-0.1, -0.05) is 13.0 Å². The van der Waals surface area contributed by atoms with Crippen LogP contribution in [0.2, 0.25) is 0 Å². The Morgan fingerprint density at radius 3 is 2.65 bits per heavy atom. The molecule has 1 aliphatic carbocycles. The zero-order valence-corrected chi connectivity index (χ0v) is 10.3. The summed E-state index contributed by atoms with van der Waals surface area (Å²) in [4.78, 5) is 10.8. The largest absolute Gasteiger partial charge is 0.496 e. The maximum atomic E-state index is 10.8. The molecule has 0 heterocycles. The minimum Gasteiger partial charge on any atom is -0.496 e. The van der Waals surface area contributed by atoms with Crippen LogP contribution < -0.4 is 4.74 Å². The fourth-order valence-corrected chi connectivity index (χ4v) is 2.55. The van der Waals surface area contributed by atoms with E-state index in [1.165, 1.54) is 17.5 Å². The van der Waals surface area contributed by atoms with Crippen molar-refractivity contribution in [1.29, 1.82) is 0 Å². The van der Waals surface area contributed by atoms with Crippen LogP contribution in [0.25, 0.3) is 0 Å². The van der Waals surface area contributed by atoms with Gasteiger partial charge in [0, 0.05) is 0 Å². The smallest absolute Gasteiger partial charge is 0.303 e. The molecule has 3 nitrogen and oxygen atoms in total. The Hall–Kier alpha value is -1.51. The van der Waals surface area contributed by atoms with Gasteiger partial charge in [-0.25, -0.2) is 0 Å². The lowest BCUT2D eigenvalue weighted by Gasteiger charge is -2.16. The first kappa shape index (κ1) is 12.0. The highest BCUT2D eigenvalue weighted by molar-refractivity contribution is 5.68. The van der Waals surface area contributed by atoms with E-state index in [4.69, 9.17) is 9.84 Å². The number of carboxylic acid groups (broad SMARTS) is 1. The fourth-order valence-electron chi connectivity index (χ4n) is 2.55. The summed E-state index contributed by atoms with van der Waals surface area (Å²) in [6.45, 7) is 1.94. The van der Waals surface area contributed by atoms with E-state index in [9.17, 15) is 4.79 Å². The van der Waals surface area contributed by atoms with Crippen molar-refractivity contribution in [3.63, 3.8) is 0 Å². The van der Waals surface area contributed by atoms with Gasteiger partial charge in [-0.3, -0.25) is 4.79 Å². The summed E-state index contributed by atoms with van der Waals surface area (Å²) in [6.07, 6.45) is 3.55. The van der Waals surface area contributed by atoms with Gasteiger partial charge in [0.1, 0.15) is 5.75 Å². The molecule has 1 aromatic rings. The van der Waals surface area contributed by atoms with Gasteiger partial charge in [-0.05, 0) is 47.9 Å². The number of fused-ring (bicyclic) bond motifs is 1. The average Bonchev–Trinajstić information content (AvgIpc) is 2.73. The van der Waals surface area contributed by atoms with E-state index in [0.29, 0.717) is 0 Å². The molecule has 1 N–H and O–H groups in total. The quantitative estimate of drug-likeness (QED) is 0.871. The molecule has 0 saturated heterocycles. The first-order valence-electron chi connectivity index (χ1n) is 6.03. The highest BCUT2D eigenvalue weighted by atomic mass is 16.5. The van der Waals surface area contributed by atoms with E-state index in [1.807, 2.05) is 6.92 Å². The van der Waals surface area contributed by atoms with E-state index in [2.05, 4.69) is 12.1 Å². The van der Waals surface area contributed by atoms with Crippen LogP contribution in [0.3, 0.4) is 0 Å². The summed E-state index contributed by atoms with van der Waals surface area (Å²) in [7, 11) is 1.65. The zero-order chi connectivity index (χ0) is 12.4. The van der Waals surface area contributed by atoms with Crippen LogP contribution in [0.5, 0.6) is 5.75 Å². The van der Waals surface area contributed by atoms with Gasteiger partial charge in [0.05, 0.1) is 13.5 Å². The molecule has 1 aromatic carbocycles. The van der Waals surface area contributed by atoms with Crippen molar-refractivity contribution in [2.24, 2.45) is 0 Å². The van der Waals surface area contributed by atoms with Crippen molar-refractivity contribution in [2.75, 3.05) is 7.11 Å². The molecular weight excluding hydrogens is 216 g/mol. The Labute approximate surface area is 101 Å². The Kier molecular flexibility index (Phi) is 3.36. The molecule has 0 aromatic heterocycles. The number of methoxy groups -OCH3 is 1. The standard InChI is InChI=1S/C14H18O3/c1-9(6-14(15)16)12-7-10-4-3-5-11(10)8-13(12)17-2/h7-9H,3-6H2,1-2H3,(H,15,16). The molecule has 0 saturated carbocycles. The summed E-state index contributed by atoms with van der Waals surface area (Å²) >= 11 is 0. The molecule has 0 amide bonds. The second-order valence-corrected chi connectivity index (χ2v) is 4.72. The monoisotopic (exact) mass is 234 g/mol. The van der Waals surface area contributed by atoms with Gasteiger partial charge in [-0.2, -0.15) is 0 Å². The predicted molar refractivity (Wildman–Crippen MR) is 65.7 cm³/mol. The Balaban J connectivity index is 2.35.